The molecule has 9 nitrogen and oxygen atoms in total. The molecule has 0 unspecified atom stereocenters. The number of fused-ring (bicyclic) bond motifs is 1. The number of rotatable bonds is 5. The minimum atomic E-state index is -4.48. The van der Waals surface area contributed by atoms with Crippen LogP contribution in [0.25, 0.3) is 0 Å². The van der Waals surface area contributed by atoms with Crippen molar-refractivity contribution in [3.63, 3.8) is 0 Å². The van der Waals surface area contributed by atoms with Gasteiger partial charge in [-0.3, -0.25) is 19.6 Å². The molecule has 0 saturated heterocycles. The van der Waals surface area contributed by atoms with Crippen molar-refractivity contribution in [2.45, 2.75) is 51.9 Å². The van der Waals surface area contributed by atoms with Crippen molar-refractivity contribution in [2.75, 3.05) is 16.8 Å². The molecule has 0 saturated carbocycles. The minimum absolute atomic E-state index is 0.144. The second-order valence-electron chi connectivity index (χ2n) is 9.93. The second-order valence-corrected chi connectivity index (χ2v) is 9.93. The van der Waals surface area contributed by atoms with Crippen molar-refractivity contribution in [1.29, 1.82) is 0 Å². The van der Waals surface area contributed by atoms with Crippen molar-refractivity contribution < 1.29 is 32.3 Å². The molecule has 38 heavy (non-hydrogen) atoms. The Kier molecular flexibility index (Phi) is 7.00. The molecule has 0 spiro atoms. The Hall–Kier alpha value is -4.22. The lowest BCUT2D eigenvalue weighted by atomic mass is 10.0. The summed E-state index contributed by atoms with van der Waals surface area (Å²) in [4.78, 5) is 43.7. The van der Waals surface area contributed by atoms with Crippen molar-refractivity contribution in [1.82, 2.24) is 14.8 Å². The molecule has 3 heterocycles. The van der Waals surface area contributed by atoms with Crippen LogP contribution in [-0.4, -0.2) is 44.7 Å². The van der Waals surface area contributed by atoms with Gasteiger partial charge in [-0.2, -0.15) is 18.3 Å². The van der Waals surface area contributed by atoms with E-state index in [9.17, 15) is 27.6 Å². The van der Waals surface area contributed by atoms with Crippen molar-refractivity contribution in [2.24, 2.45) is 0 Å². The largest absolute Gasteiger partial charge is 0.444 e. The van der Waals surface area contributed by atoms with Gasteiger partial charge < -0.3 is 9.64 Å². The highest BCUT2D eigenvalue weighted by Gasteiger charge is 2.35. The van der Waals surface area contributed by atoms with E-state index >= 15 is 0 Å². The first-order valence-corrected chi connectivity index (χ1v) is 11.8. The number of carbonyl (C=O) groups is 3. The molecule has 0 radical (unpaired) electrons. The smallest absolute Gasteiger partial charge is 0.416 e. The first-order chi connectivity index (χ1) is 17.7. The van der Waals surface area contributed by atoms with Crippen LogP contribution in [0.1, 0.15) is 65.7 Å². The van der Waals surface area contributed by atoms with Gasteiger partial charge in [0.25, 0.3) is 5.91 Å². The third-order valence-corrected chi connectivity index (χ3v) is 5.76. The Morgan fingerprint density at radius 2 is 1.76 bits per heavy atom. The molecular formula is C26H26F3N5O4. The summed E-state index contributed by atoms with van der Waals surface area (Å²) in [6, 6.07) is 7.05. The maximum Gasteiger partial charge on any atom is 0.416 e. The molecule has 0 fully saturated rings. The van der Waals surface area contributed by atoms with E-state index in [2.05, 4.69) is 15.4 Å². The highest BCUT2D eigenvalue weighted by molar-refractivity contribution is 6.08. The van der Waals surface area contributed by atoms with Gasteiger partial charge in [0, 0.05) is 36.0 Å². The van der Waals surface area contributed by atoms with Crippen LogP contribution in [0.5, 0.6) is 0 Å². The van der Waals surface area contributed by atoms with Crippen LogP contribution in [-0.2, 0) is 17.3 Å². The lowest BCUT2D eigenvalue weighted by molar-refractivity contribution is -0.137. The quantitative estimate of drug-likeness (QED) is 0.450. The molecule has 3 aromatic rings. The Labute approximate surface area is 216 Å². The molecule has 1 N–H and O–H groups in total. The lowest BCUT2D eigenvalue weighted by Crippen LogP contribution is -2.43. The van der Waals surface area contributed by atoms with Gasteiger partial charge in [-0.1, -0.05) is 0 Å². The summed E-state index contributed by atoms with van der Waals surface area (Å²) in [5, 5.41) is 6.76. The Bertz CT molecular complexity index is 1360. The summed E-state index contributed by atoms with van der Waals surface area (Å²) < 4.78 is 45.6. The maximum absolute atomic E-state index is 13.4. The third-order valence-electron chi connectivity index (χ3n) is 5.76. The van der Waals surface area contributed by atoms with E-state index in [1.165, 1.54) is 46.2 Å². The zero-order chi connectivity index (χ0) is 27.8. The number of halogens is 3. The number of aromatic nitrogens is 3. The van der Waals surface area contributed by atoms with E-state index in [0.717, 1.165) is 12.1 Å². The average molecular weight is 530 g/mol. The Balaban J connectivity index is 1.50. The molecule has 4 rings (SSSR count). The van der Waals surface area contributed by atoms with Gasteiger partial charge in [0.2, 0.25) is 0 Å². The number of hydrogen-bond acceptors (Lipinski definition) is 6. The standard InChI is InChI=1S/C26H26F3N5O4/c1-15-14-33(19-8-6-18(7-9-19)26(27,28)29)23(36)22-17(13-31-34(15)22)11-20(35)16-5-10-21(30-12-16)32-24(37)38-25(2,3)4/h5-10,12-13,15H,11,14H2,1-4H3,(H,30,32,37)/t15-/m0/s1. The van der Waals surface area contributed by atoms with Gasteiger partial charge >= 0.3 is 12.3 Å². The highest BCUT2D eigenvalue weighted by Crippen LogP contribution is 2.33. The second kappa shape index (κ2) is 9.92. The number of amides is 2. The number of ether oxygens (including phenoxy) is 1. The minimum Gasteiger partial charge on any atom is -0.444 e. The normalized spacial score (nSPS) is 15.7. The molecule has 1 aliphatic rings. The Morgan fingerprint density at radius 1 is 1.08 bits per heavy atom. The summed E-state index contributed by atoms with van der Waals surface area (Å²) >= 11 is 0. The zero-order valence-electron chi connectivity index (χ0n) is 21.2. The number of Topliss-reactive ketones (excluding diaryl/α,β-unsaturated/α-hetero) is 1. The fourth-order valence-electron chi connectivity index (χ4n) is 4.02. The van der Waals surface area contributed by atoms with Gasteiger partial charge in [-0.15, -0.1) is 0 Å². The van der Waals surface area contributed by atoms with E-state index in [1.807, 2.05) is 6.92 Å². The number of anilines is 2. The van der Waals surface area contributed by atoms with E-state index in [1.54, 1.807) is 20.8 Å². The van der Waals surface area contributed by atoms with Crippen LogP contribution >= 0.6 is 0 Å². The van der Waals surface area contributed by atoms with Crippen LogP contribution in [0.2, 0.25) is 0 Å². The number of nitrogens with one attached hydrogen (secondary N) is 1. The molecule has 12 heteroatoms. The molecule has 0 aliphatic carbocycles. The number of carbonyl (C=O) groups excluding carboxylic acids is 3. The highest BCUT2D eigenvalue weighted by atomic mass is 19.4. The SMILES string of the molecule is C[C@H]1CN(c2ccc(C(F)(F)F)cc2)C(=O)c2c(CC(=O)c3ccc(NC(=O)OC(C)(C)C)nc3)cnn21. The first kappa shape index (κ1) is 26.8. The lowest BCUT2D eigenvalue weighted by Gasteiger charge is -2.32. The summed E-state index contributed by atoms with van der Waals surface area (Å²) in [5.41, 5.74) is -0.321. The molecule has 0 bridgehead atoms. The summed E-state index contributed by atoms with van der Waals surface area (Å²) in [6.07, 6.45) is -2.55. The molecule has 1 aromatic carbocycles. The molecule has 1 atom stereocenters. The molecule has 200 valence electrons. The van der Waals surface area contributed by atoms with Crippen LogP contribution in [0.15, 0.2) is 48.8 Å². The monoisotopic (exact) mass is 529 g/mol. The zero-order valence-corrected chi connectivity index (χ0v) is 21.2. The number of nitrogens with zero attached hydrogens (tertiary/aromatic N) is 4. The number of benzene rings is 1. The van der Waals surface area contributed by atoms with E-state index < -0.39 is 29.3 Å². The first-order valence-electron chi connectivity index (χ1n) is 11.8. The van der Waals surface area contributed by atoms with E-state index in [0.29, 0.717) is 11.3 Å². The van der Waals surface area contributed by atoms with Gasteiger partial charge in [-0.25, -0.2) is 9.78 Å². The van der Waals surface area contributed by atoms with Gasteiger partial charge in [-0.05, 0) is 64.1 Å². The topological polar surface area (TPSA) is 106 Å². The number of pyridine rings is 1. The number of alkyl halides is 3. The van der Waals surface area contributed by atoms with E-state index in [4.69, 9.17) is 4.74 Å². The van der Waals surface area contributed by atoms with Crippen LogP contribution in [0.3, 0.4) is 0 Å². The number of ketones is 1. The summed E-state index contributed by atoms with van der Waals surface area (Å²) in [5.74, 6) is -0.586. The predicted molar refractivity (Wildman–Crippen MR) is 132 cm³/mol. The van der Waals surface area contributed by atoms with Crippen LogP contribution in [0.4, 0.5) is 29.5 Å². The van der Waals surface area contributed by atoms with Crippen molar-refractivity contribution in [3.05, 3.63) is 71.2 Å². The summed E-state index contributed by atoms with van der Waals surface area (Å²) in [6.45, 7) is 7.22. The fourth-order valence-corrected chi connectivity index (χ4v) is 4.02. The van der Waals surface area contributed by atoms with Crippen LogP contribution < -0.4 is 10.2 Å². The van der Waals surface area contributed by atoms with E-state index in [-0.39, 0.29) is 41.9 Å². The van der Waals surface area contributed by atoms with Crippen molar-refractivity contribution >= 4 is 29.3 Å². The molecule has 1 aliphatic heterocycles. The molecule has 2 aromatic heterocycles. The van der Waals surface area contributed by atoms with Gasteiger partial charge in [0.05, 0.1) is 17.8 Å². The van der Waals surface area contributed by atoms with Crippen molar-refractivity contribution in [3.8, 4) is 0 Å². The summed E-state index contributed by atoms with van der Waals surface area (Å²) in [7, 11) is 0. The van der Waals surface area contributed by atoms with Crippen LogP contribution in [0, 0.1) is 0 Å². The van der Waals surface area contributed by atoms with Gasteiger partial charge in [0.1, 0.15) is 17.1 Å². The third kappa shape index (κ3) is 5.84. The average Bonchev–Trinajstić information content (AvgIpc) is 3.24. The molecule has 2 amide bonds. The van der Waals surface area contributed by atoms with Gasteiger partial charge in [0.15, 0.2) is 5.78 Å². The predicted octanol–water partition coefficient (Wildman–Crippen LogP) is 5.29. The molecular weight excluding hydrogens is 503 g/mol. The number of hydrogen-bond donors (Lipinski definition) is 1. The fraction of sp³-hybridized carbons (Fsp3) is 0.346. The maximum atomic E-state index is 13.4. The Morgan fingerprint density at radius 3 is 2.34 bits per heavy atom.